The van der Waals surface area contributed by atoms with Gasteiger partial charge in [0.25, 0.3) is 0 Å². The molecule has 0 spiro atoms. The molecule has 0 aliphatic carbocycles. The highest BCUT2D eigenvalue weighted by atomic mass is 16.4. The van der Waals surface area contributed by atoms with Gasteiger partial charge in [0, 0.05) is 24.7 Å². The number of carboxylic acid groups (broad SMARTS) is 1. The Bertz CT molecular complexity index is 316. The van der Waals surface area contributed by atoms with Crippen LogP contribution in [0.2, 0.25) is 0 Å². The van der Waals surface area contributed by atoms with Gasteiger partial charge in [0.05, 0.1) is 0 Å². The first-order valence-corrected chi connectivity index (χ1v) is 7.38. The molecule has 0 saturated heterocycles. The molecule has 0 amide bonds. The minimum atomic E-state index is -0.670. The number of aliphatic carboxylic acids is 1. The predicted molar refractivity (Wildman–Crippen MR) is 78.4 cm³/mol. The van der Waals surface area contributed by atoms with Gasteiger partial charge in [-0.3, -0.25) is 4.79 Å². The molecule has 0 aliphatic rings. The number of nitrogens with one attached hydrogen (secondary N) is 1. The molecule has 19 heavy (non-hydrogen) atoms. The highest BCUT2D eigenvalue weighted by molar-refractivity contribution is 5.66. The van der Waals surface area contributed by atoms with Crippen LogP contribution in [0.5, 0.6) is 0 Å². The molecule has 2 N–H and O–H groups in total. The second kappa shape index (κ2) is 11.8. The van der Waals surface area contributed by atoms with Crippen LogP contribution in [0.25, 0.3) is 0 Å². The number of aromatic amines is 1. The van der Waals surface area contributed by atoms with Gasteiger partial charge in [0.1, 0.15) is 5.82 Å². The van der Waals surface area contributed by atoms with Crippen LogP contribution in [0.1, 0.15) is 70.8 Å². The Hall–Kier alpha value is -1.32. The molecule has 4 heteroatoms. The third-order valence-electron chi connectivity index (χ3n) is 2.89. The molecule has 110 valence electrons. The summed E-state index contributed by atoms with van der Waals surface area (Å²) in [5, 5.41) is 8.27. The van der Waals surface area contributed by atoms with Gasteiger partial charge in [0.15, 0.2) is 0 Å². The van der Waals surface area contributed by atoms with E-state index in [2.05, 4.69) is 30.7 Å². The molecule has 0 aromatic carbocycles. The molecule has 0 unspecified atom stereocenters. The minimum absolute atomic E-state index is 0.337. The van der Waals surface area contributed by atoms with Crippen molar-refractivity contribution in [1.82, 2.24) is 9.97 Å². The van der Waals surface area contributed by atoms with Crippen molar-refractivity contribution >= 4 is 5.97 Å². The van der Waals surface area contributed by atoms with Crippen molar-refractivity contribution in [2.45, 2.75) is 72.1 Å². The van der Waals surface area contributed by atoms with Crippen molar-refractivity contribution in [3.8, 4) is 0 Å². The van der Waals surface area contributed by atoms with Crippen LogP contribution >= 0.6 is 0 Å². The Morgan fingerprint density at radius 3 is 2.26 bits per heavy atom. The number of unbranched alkanes of at least 4 members (excludes halogenated alkanes) is 4. The van der Waals surface area contributed by atoms with Crippen LogP contribution in [-0.4, -0.2) is 21.0 Å². The molecular weight excluding hydrogens is 240 g/mol. The molecule has 0 fully saturated rings. The van der Waals surface area contributed by atoms with E-state index in [4.69, 9.17) is 5.11 Å². The number of imidazole rings is 1. The van der Waals surface area contributed by atoms with E-state index in [1.165, 1.54) is 25.0 Å². The number of aromatic nitrogens is 2. The second-order valence-electron chi connectivity index (χ2n) is 4.62. The van der Waals surface area contributed by atoms with Crippen molar-refractivity contribution in [2.75, 3.05) is 0 Å². The quantitative estimate of drug-likeness (QED) is 0.701. The largest absolute Gasteiger partial charge is 0.481 e. The maximum absolute atomic E-state index is 10.0. The number of carboxylic acids is 1. The van der Waals surface area contributed by atoms with Crippen LogP contribution in [0.4, 0.5) is 0 Å². The number of carbonyl (C=O) groups is 1. The zero-order chi connectivity index (χ0) is 14.5. The van der Waals surface area contributed by atoms with Crippen molar-refractivity contribution in [3.05, 3.63) is 17.7 Å². The predicted octanol–water partition coefficient (Wildman–Crippen LogP) is 3.97. The first kappa shape index (κ1) is 17.7. The number of rotatable bonds is 8. The van der Waals surface area contributed by atoms with E-state index in [0.717, 1.165) is 31.5 Å². The van der Waals surface area contributed by atoms with Crippen molar-refractivity contribution < 1.29 is 9.90 Å². The Kier molecular flexibility index (Phi) is 10.9. The molecule has 0 bridgehead atoms. The van der Waals surface area contributed by atoms with Crippen molar-refractivity contribution in [1.29, 1.82) is 0 Å². The standard InChI is InChI=1S/C8H16O2.C7H12N2/c1-2-3-4-5-6-7-8(9)10;1-3-6-5-8-7(4-2)9-6/h2-7H2,1H3,(H,9,10);5H,3-4H2,1-2H3,(H,8,9). The zero-order valence-corrected chi connectivity index (χ0v) is 12.5. The fraction of sp³-hybridized carbons (Fsp3) is 0.733. The monoisotopic (exact) mass is 268 g/mol. The highest BCUT2D eigenvalue weighted by Crippen LogP contribution is 2.04. The molecule has 0 saturated carbocycles. The number of H-pyrrole nitrogens is 1. The molecule has 0 radical (unpaired) electrons. The zero-order valence-electron chi connectivity index (χ0n) is 12.5. The summed E-state index contributed by atoms with van der Waals surface area (Å²) in [5.74, 6) is 0.420. The average molecular weight is 268 g/mol. The summed E-state index contributed by atoms with van der Waals surface area (Å²) >= 11 is 0. The molecule has 0 atom stereocenters. The molecule has 1 aromatic heterocycles. The van der Waals surface area contributed by atoms with Gasteiger partial charge in [-0.2, -0.15) is 0 Å². The van der Waals surface area contributed by atoms with Gasteiger partial charge >= 0.3 is 5.97 Å². The summed E-state index contributed by atoms with van der Waals surface area (Å²) < 4.78 is 0. The van der Waals surface area contributed by atoms with Gasteiger partial charge in [0.2, 0.25) is 0 Å². The summed E-state index contributed by atoms with van der Waals surface area (Å²) in [5.41, 5.74) is 1.23. The first-order valence-electron chi connectivity index (χ1n) is 7.38. The van der Waals surface area contributed by atoms with Gasteiger partial charge in [-0.05, 0) is 12.8 Å². The van der Waals surface area contributed by atoms with E-state index in [-0.39, 0.29) is 0 Å². The Morgan fingerprint density at radius 2 is 1.84 bits per heavy atom. The van der Waals surface area contributed by atoms with Gasteiger partial charge in [-0.1, -0.05) is 46.5 Å². The summed E-state index contributed by atoms with van der Waals surface area (Å²) in [6.45, 7) is 6.36. The van der Waals surface area contributed by atoms with Crippen LogP contribution in [0, 0.1) is 0 Å². The third kappa shape index (κ3) is 10.3. The normalized spacial score (nSPS) is 9.84. The molecular formula is C15H28N2O2. The smallest absolute Gasteiger partial charge is 0.303 e. The molecule has 1 heterocycles. The molecule has 0 aliphatic heterocycles. The van der Waals surface area contributed by atoms with E-state index in [0.29, 0.717) is 6.42 Å². The van der Waals surface area contributed by atoms with Crippen LogP contribution in [0.3, 0.4) is 0 Å². The molecule has 4 nitrogen and oxygen atoms in total. The Balaban J connectivity index is 0.000000342. The topological polar surface area (TPSA) is 66.0 Å². The highest BCUT2D eigenvalue weighted by Gasteiger charge is 1.95. The summed E-state index contributed by atoms with van der Waals surface area (Å²) in [6, 6.07) is 0. The molecule has 1 aromatic rings. The van der Waals surface area contributed by atoms with E-state index in [1.807, 2.05) is 6.20 Å². The van der Waals surface area contributed by atoms with Gasteiger partial charge in [-0.15, -0.1) is 0 Å². The summed E-state index contributed by atoms with van der Waals surface area (Å²) in [7, 11) is 0. The van der Waals surface area contributed by atoms with Crippen LogP contribution in [0.15, 0.2) is 6.20 Å². The van der Waals surface area contributed by atoms with Crippen molar-refractivity contribution in [3.63, 3.8) is 0 Å². The molecule has 1 rings (SSSR count). The Morgan fingerprint density at radius 1 is 1.16 bits per heavy atom. The maximum Gasteiger partial charge on any atom is 0.303 e. The fourth-order valence-electron chi connectivity index (χ4n) is 1.64. The summed E-state index contributed by atoms with van der Waals surface area (Å²) in [4.78, 5) is 17.4. The SMILES string of the molecule is CCCCCCCC(=O)O.CCc1cnc(CC)[nH]1. The number of hydrogen-bond donors (Lipinski definition) is 2. The minimum Gasteiger partial charge on any atom is -0.481 e. The van der Waals surface area contributed by atoms with E-state index >= 15 is 0 Å². The average Bonchev–Trinajstić information content (AvgIpc) is 2.87. The second-order valence-corrected chi connectivity index (χ2v) is 4.62. The Labute approximate surface area is 116 Å². The summed E-state index contributed by atoms with van der Waals surface area (Å²) in [6.07, 6.45) is 9.83. The van der Waals surface area contributed by atoms with Crippen molar-refractivity contribution in [2.24, 2.45) is 0 Å². The number of nitrogens with zero attached hydrogens (tertiary/aromatic N) is 1. The lowest BCUT2D eigenvalue weighted by Crippen LogP contribution is -1.93. The van der Waals surface area contributed by atoms with Gasteiger partial charge in [-0.25, -0.2) is 4.98 Å². The lowest BCUT2D eigenvalue weighted by Gasteiger charge is -1.95. The van der Waals surface area contributed by atoms with E-state index in [9.17, 15) is 4.79 Å². The lowest BCUT2D eigenvalue weighted by molar-refractivity contribution is -0.137. The fourth-order valence-corrected chi connectivity index (χ4v) is 1.64. The van der Waals surface area contributed by atoms with E-state index < -0.39 is 5.97 Å². The van der Waals surface area contributed by atoms with Gasteiger partial charge < -0.3 is 10.1 Å². The number of hydrogen-bond acceptors (Lipinski definition) is 2. The number of aryl methyl sites for hydroxylation is 2. The lowest BCUT2D eigenvalue weighted by atomic mass is 10.1. The van der Waals surface area contributed by atoms with Crippen LogP contribution in [-0.2, 0) is 17.6 Å². The maximum atomic E-state index is 10.0. The van der Waals surface area contributed by atoms with Crippen LogP contribution < -0.4 is 0 Å². The van der Waals surface area contributed by atoms with E-state index in [1.54, 1.807) is 0 Å². The first-order chi connectivity index (χ1) is 9.13. The third-order valence-corrected chi connectivity index (χ3v) is 2.89.